The van der Waals surface area contributed by atoms with Crippen LogP contribution in [0.3, 0.4) is 0 Å². The van der Waals surface area contributed by atoms with Gasteiger partial charge in [0.05, 0.1) is 5.94 Å². The van der Waals surface area contributed by atoms with Gasteiger partial charge in [-0.2, -0.15) is 0 Å². The second-order valence-electron chi connectivity index (χ2n) is 8.81. The van der Waals surface area contributed by atoms with E-state index in [1.54, 1.807) is 0 Å². The summed E-state index contributed by atoms with van der Waals surface area (Å²) in [6, 6.07) is -3.38. The van der Waals surface area contributed by atoms with Gasteiger partial charge in [-0.25, -0.2) is 0 Å². The highest BCUT2D eigenvalue weighted by molar-refractivity contribution is 6.43. The highest BCUT2D eigenvalue weighted by atomic mass is 16.4. The molecule has 14 N–H and O–H groups in total. The fraction of sp³-hybridized carbons (Fsp3) is 0.714. The van der Waals surface area contributed by atoms with Crippen molar-refractivity contribution in [2.45, 2.75) is 82.9 Å². The minimum atomic E-state index is -1.87. The van der Waals surface area contributed by atoms with Crippen LogP contribution in [0.15, 0.2) is 4.99 Å². The van der Waals surface area contributed by atoms with Crippen molar-refractivity contribution >= 4 is 42.6 Å². The smallest absolute Gasteiger partial charge is 0.426 e. The van der Waals surface area contributed by atoms with E-state index in [1.807, 2.05) is 0 Å². The quantitative estimate of drug-likeness (QED) is 0.0322. The van der Waals surface area contributed by atoms with E-state index in [0.29, 0.717) is 19.4 Å². The van der Waals surface area contributed by atoms with Gasteiger partial charge < -0.3 is 54.2 Å². The van der Waals surface area contributed by atoms with Gasteiger partial charge in [-0.15, -0.1) is 0 Å². The molecule has 38 heavy (non-hydrogen) atoms. The summed E-state index contributed by atoms with van der Waals surface area (Å²) in [5, 5.41) is 29.2. The Morgan fingerprint density at radius 3 is 1.92 bits per heavy atom. The summed E-state index contributed by atoms with van der Waals surface area (Å²) in [4.78, 5) is 65.1. The number of carbonyl (C=O) groups is 5. The van der Waals surface area contributed by atoms with Crippen LogP contribution in [-0.2, 0) is 24.0 Å². The number of nitrogens with one attached hydrogen (secondary N) is 4. The van der Waals surface area contributed by atoms with E-state index in [-0.39, 0.29) is 44.6 Å². The van der Waals surface area contributed by atoms with Crippen molar-refractivity contribution in [2.24, 2.45) is 27.9 Å². The number of nitrogens with two attached hydrogens (primary N) is 4. The Labute approximate surface area is 222 Å². The Bertz CT molecular complexity index is 825. The molecule has 16 nitrogen and oxygen atoms in total. The molecule has 0 rings (SSSR count). The SMILES string of the molecule is CC(=O)N[C@@H](C)C(=O)N[C@@H](CCCN=C(N)N)C(=O)N[C@@H](CCC(N)=O)C(=O)N[C@@H](CCCCN)B(O)O. The Balaban J connectivity index is 5.65. The number of guanidine groups is 1. The van der Waals surface area contributed by atoms with Gasteiger partial charge in [0, 0.05) is 19.9 Å². The Kier molecular flexibility index (Phi) is 17.1. The van der Waals surface area contributed by atoms with Gasteiger partial charge in [-0.3, -0.25) is 29.0 Å². The Hall–Kier alpha value is -3.44. The predicted molar refractivity (Wildman–Crippen MR) is 141 cm³/mol. The average molecular weight is 543 g/mol. The summed E-state index contributed by atoms with van der Waals surface area (Å²) < 4.78 is 0. The first-order valence-electron chi connectivity index (χ1n) is 12.4. The Morgan fingerprint density at radius 2 is 1.39 bits per heavy atom. The number of hydrogen-bond donors (Lipinski definition) is 10. The lowest BCUT2D eigenvalue weighted by atomic mass is 9.76. The van der Waals surface area contributed by atoms with Crippen molar-refractivity contribution in [1.82, 2.24) is 21.3 Å². The van der Waals surface area contributed by atoms with Crippen LogP contribution in [0.4, 0.5) is 0 Å². The molecule has 0 aromatic rings. The molecule has 0 aromatic carbocycles. The minimum Gasteiger partial charge on any atom is -0.426 e. The number of rotatable bonds is 19. The highest BCUT2D eigenvalue weighted by Crippen LogP contribution is 2.07. The molecule has 0 saturated carbocycles. The van der Waals surface area contributed by atoms with E-state index < -0.39 is 60.7 Å². The van der Waals surface area contributed by atoms with Crippen LogP contribution in [0, 0.1) is 0 Å². The summed E-state index contributed by atoms with van der Waals surface area (Å²) in [6.07, 6.45) is 1.24. The van der Waals surface area contributed by atoms with Gasteiger partial charge in [-0.1, -0.05) is 6.42 Å². The van der Waals surface area contributed by atoms with Gasteiger partial charge in [-0.05, 0) is 45.6 Å². The van der Waals surface area contributed by atoms with Crippen LogP contribution in [0.1, 0.15) is 58.8 Å². The lowest BCUT2D eigenvalue weighted by Crippen LogP contribution is -2.58. The second-order valence-corrected chi connectivity index (χ2v) is 8.81. The number of amides is 5. The first kappa shape index (κ1) is 34.6. The number of carbonyl (C=O) groups excluding carboxylic acids is 5. The maximum atomic E-state index is 13.1. The molecule has 0 aromatic heterocycles. The average Bonchev–Trinajstić information content (AvgIpc) is 2.81. The number of unbranched alkanes of at least 4 members (excludes halogenated alkanes) is 1. The zero-order valence-corrected chi connectivity index (χ0v) is 21.9. The van der Waals surface area contributed by atoms with Gasteiger partial charge >= 0.3 is 7.12 Å². The fourth-order valence-electron chi connectivity index (χ4n) is 3.35. The lowest BCUT2D eigenvalue weighted by Gasteiger charge is -2.26. The molecule has 17 heteroatoms. The first-order valence-corrected chi connectivity index (χ1v) is 12.4. The summed E-state index contributed by atoms with van der Waals surface area (Å²) in [6.45, 7) is 3.21. The molecule has 0 unspecified atom stereocenters. The van der Waals surface area contributed by atoms with Gasteiger partial charge in [0.15, 0.2) is 5.96 Å². The molecular weight excluding hydrogens is 501 g/mol. The number of primary amides is 1. The molecule has 0 aliphatic rings. The third kappa shape index (κ3) is 15.6. The maximum absolute atomic E-state index is 13.1. The molecule has 0 spiro atoms. The molecule has 216 valence electrons. The second kappa shape index (κ2) is 18.8. The molecule has 4 atom stereocenters. The van der Waals surface area contributed by atoms with E-state index in [2.05, 4.69) is 26.3 Å². The van der Waals surface area contributed by atoms with Gasteiger partial charge in [0.25, 0.3) is 0 Å². The first-order chi connectivity index (χ1) is 17.8. The van der Waals surface area contributed by atoms with Crippen molar-refractivity contribution in [3.05, 3.63) is 0 Å². The summed E-state index contributed by atoms with van der Waals surface area (Å²) in [5.41, 5.74) is 21.3. The van der Waals surface area contributed by atoms with E-state index in [4.69, 9.17) is 22.9 Å². The summed E-state index contributed by atoms with van der Waals surface area (Å²) >= 11 is 0. The van der Waals surface area contributed by atoms with E-state index in [9.17, 15) is 34.0 Å². The van der Waals surface area contributed by atoms with Crippen molar-refractivity contribution < 1.29 is 34.0 Å². The monoisotopic (exact) mass is 543 g/mol. The topological polar surface area (TPSA) is 290 Å². The molecule has 0 aliphatic heterocycles. The maximum Gasteiger partial charge on any atom is 0.475 e. The van der Waals surface area contributed by atoms with Crippen molar-refractivity contribution in [3.63, 3.8) is 0 Å². The van der Waals surface area contributed by atoms with Crippen molar-refractivity contribution in [1.29, 1.82) is 0 Å². The normalized spacial score (nSPS) is 13.7. The highest BCUT2D eigenvalue weighted by Gasteiger charge is 2.31. The van der Waals surface area contributed by atoms with E-state index in [0.717, 1.165) is 0 Å². The molecule has 0 bridgehead atoms. The number of nitrogens with zero attached hydrogens (tertiary/aromatic N) is 1. The molecule has 0 heterocycles. The van der Waals surface area contributed by atoms with Crippen LogP contribution >= 0.6 is 0 Å². The molecule has 0 aliphatic carbocycles. The van der Waals surface area contributed by atoms with Gasteiger partial charge in [0.1, 0.15) is 18.1 Å². The van der Waals surface area contributed by atoms with Crippen LogP contribution in [0.25, 0.3) is 0 Å². The van der Waals surface area contributed by atoms with Crippen LogP contribution in [-0.4, -0.2) is 89.8 Å². The fourth-order valence-corrected chi connectivity index (χ4v) is 3.35. The predicted octanol–water partition coefficient (Wildman–Crippen LogP) is -4.57. The van der Waals surface area contributed by atoms with Crippen molar-refractivity contribution in [3.8, 4) is 0 Å². The lowest BCUT2D eigenvalue weighted by molar-refractivity contribution is -0.133. The zero-order chi connectivity index (χ0) is 29.3. The molecule has 0 fully saturated rings. The number of hydrogen-bond acceptors (Lipinski definition) is 9. The standard InChI is InChI=1S/C21H42BN9O7/c1-12(28-13(2)32)18(34)29-14(6-5-11-27-21(25)26)19(35)30-15(8-9-17(24)33)20(36)31-16(22(37)38)7-3-4-10-23/h12,14-16,37-38H,3-11,23H2,1-2H3,(H2,24,33)(H,28,32)(H,29,34)(H,30,35)(H,31,36)(H4,25,26,27)/t12-,14-,15-,16-/m0/s1. The van der Waals surface area contributed by atoms with Crippen molar-refractivity contribution in [2.75, 3.05) is 13.1 Å². The minimum absolute atomic E-state index is 0.0718. The third-order valence-electron chi connectivity index (χ3n) is 5.36. The van der Waals surface area contributed by atoms with Crippen LogP contribution in [0.5, 0.6) is 0 Å². The molecule has 5 amide bonds. The van der Waals surface area contributed by atoms with Crippen LogP contribution < -0.4 is 44.2 Å². The third-order valence-corrected chi connectivity index (χ3v) is 5.36. The Morgan fingerprint density at radius 1 is 0.816 bits per heavy atom. The number of aliphatic imine (C=N–C) groups is 1. The van der Waals surface area contributed by atoms with Gasteiger partial charge in [0.2, 0.25) is 29.5 Å². The molecular formula is C21H42BN9O7. The van der Waals surface area contributed by atoms with E-state index in [1.165, 1.54) is 13.8 Å². The zero-order valence-electron chi connectivity index (χ0n) is 21.9. The summed E-state index contributed by atoms with van der Waals surface area (Å²) in [7, 11) is -1.87. The summed E-state index contributed by atoms with van der Waals surface area (Å²) in [5.74, 6) is -4.54. The van der Waals surface area contributed by atoms with Crippen LogP contribution in [0.2, 0.25) is 0 Å². The largest absolute Gasteiger partial charge is 0.475 e. The molecule has 0 saturated heterocycles. The molecule has 0 radical (unpaired) electrons. The van der Waals surface area contributed by atoms with E-state index >= 15 is 0 Å².